The third-order valence-corrected chi connectivity index (χ3v) is 6.51. The second kappa shape index (κ2) is 9.75. The van der Waals surface area contributed by atoms with E-state index < -0.39 is 12.0 Å². The van der Waals surface area contributed by atoms with Crippen LogP contribution in [0.1, 0.15) is 48.3 Å². The number of benzene rings is 1. The molecule has 2 aliphatic heterocycles. The smallest absolute Gasteiger partial charge is 0.338 e. The maximum Gasteiger partial charge on any atom is 0.338 e. The zero-order chi connectivity index (χ0) is 24.4. The van der Waals surface area contributed by atoms with Crippen molar-refractivity contribution in [3.63, 3.8) is 0 Å². The number of esters is 1. The van der Waals surface area contributed by atoms with Crippen LogP contribution in [-0.2, 0) is 14.3 Å². The Labute approximate surface area is 202 Å². The van der Waals surface area contributed by atoms with Crippen molar-refractivity contribution < 1.29 is 19.1 Å². The summed E-state index contributed by atoms with van der Waals surface area (Å²) >= 11 is 0. The number of imide groups is 1. The molecule has 3 aromatic rings. The van der Waals surface area contributed by atoms with Crippen LogP contribution in [0.15, 0.2) is 48.7 Å². The molecule has 1 unspecified atom stereocenters. The molecule has 0 saturated carbocycles. The van der Waals surface area contributed by atoms with Gasteiger partial charge in [0.1, 0.15) is 11.5 Å². The van der Waals surface area contributed by atoms with Crippen molar-refractivity contribution in [3.8, 4) is 11.5 Å². The minimum atomic E-state index is -0.480. The number of piperidine rings is 1. The van der Waals surface area contributed by atoms with Crippen molar-refractivity contribution in [1.29, 1.82) is 0 Å². The van der Waals surface area contributed by atoms with Gasteiger partial charge in [-0.2, -0.15) is 5.10 Å². The molecule has 5 rings (SSSR count). The fraction of sp³-hybridized carbons (Fsp3) is 0.360. The highest BCUT2D eigenvalue weighted by Crippen LogP contribution is 2.32. The summed E-state index contributed by atoms with van der Waals surface area (Å²) in [7, 11) is 0. The van der Waals surface area contributed by atoms with Crippen molar-refractivity contribution >= 4 is 23.5 Å². The van der Waals surface area contributed by atoms with E-state index in [4.69, 9.17) is 4.74 Å². The molecule has 2 amide bonds. The van der Waals surface area contributed by atoms with Crippen LogP contribution in [0.5, 0.6) is 0 Å². The highest BCUT2D eigenvalue weighted by Gasteiger charge is 2.43. The van der Waals surface area contributed by atoms with Crippen LogP contribution in [-0.4, -0.2) is 68.6 Å². The van der Waals surface area contributed by atoms with Gasteiger partial charge in [0, 0.05) is 12.1 Å². The van der Waals surface area contributed by atoms with Crippen molar-refractivity contribution in [1.82, 2.24) is 25.1 Å². The average molecular weight is 475 g/mol. The predicted octanol–water partition coefficient (Wildman–Crippen LogP) is 2.55. The Morgan fingerprint density at radius 1 is 1.11 bits per heavy atom. The van der Waals surface area contributed by atoms with E-state index in [0.717, 1.165) is 24.4 Å². The first kappa shape index (κ1) is 22.9. The van der Waals surface area contributed by atoms with Crippen LogP contribution in [0.4, 0.5) is 5.69 Å². The van der Waals surface area contributed by atoms with E-state index >= 15 is 0 Å². The summed E-state index contributed by atoms with van der Waals surface area (Å²) < 4.78 is 4.99. The molecule has 2 fully saturated rings. The Morgan fingerprint density at radius 2 is 1.89 bits per heavy atom. The number of aromatic amines is 1. The summed E-state index contributed by atoms with van der Waals surface area (Å²) in [4.78, 5) is 50.0. The molecule has 0 radical (unpaired) electrons. The van der Waals surface area contributed by atoms with Gasteiger partial charge < -0.3 is 4.74 Å². The number of aromatic nitrogens is 4. The third-order valence-electron chi connectivity index (χ3n) is 6.51. The van der Waals surface area contributed by atoms with E-state index in [9.17, 15) is 14.4 Å². The lowest BCUT2D eigenvalue weighted by Crippen LogP contribution is -2.45. The van der Waals surface area contributed by atoms with Gasteiger partial charge in [0.15, 0.2) is 5.82 Å². The number of carbonyl (C=O) groups excluding carboxylic acids is 3. The molecule has 1 N–H and O–H groups in total. The second-order valence-electron chi connectivity index (χ2n) is 8.62. The molecule has 10 heteroatoms. The minimum absolute atomic E-state index is 0.148. The number of H-pyrrole nitrogens is 1. The molecule has 0 spiro atoms. The number of likely N-dealkylation sites (tertiary alicyclic amines) is 1. The zero-order valence-corrected chi connectivity index (χ0v) is 19.4. The van der Waals surface area contributed by atoms with E-state index in [-0.39, 0.29) is 30.8 Å². The number of rotatable bonds is 6. The topological polar surface area (TPSA) is 121 Å². The Hall–Kier alpha value is -3.92. The molecule has 0 aliphatic carbocycles. The van der Waals surface area contributed by atoms with Gasteiger partial charge in [0.05, 0.1) is 30.3 Å². The zero-order valence-electron chi connectivity index (χ0n) is 19.4. The van der Waals surface area contributed by atoms with E-state index in [1.54, 1.807) is 37.4 Å². The quantitative estimate of drug-likeness (QED) is 0.427. The lowest BCUT2D eigenvalue weighted by atomic mass is 9.95. The minimum Gasteiger partial charge on any atom is -0.462 e. The fourth-order valence-electron chi connectivity index (χ4n) is 4.68. The number of pyridine rings is 1. The number of ether oxygens (including phenoxy) is 1. The molecule has 1 atom stereocenters. The largest absolute Gasteiger partial charge is 0.462 e. The van der Waals surface area contributed by atoms with Gasteiger partial charge in [-0.25, -0.2) is 14.7 Å². The van der Waals surface area contributed by atoms with Crippen molar-refractivity contribution in [2.75, 3.05) is 24.6 Å². The van der Waals surface area contributed by atoms with Crippen LogP contribution in [0.2, 0.25) is 0 Å². The molecule has 0 bridgehead atoms. The van der Waals surface area contributed by atoms with Gasteiger partial charge >= 0.3 is 5.97 Å². The first-order chi connectivity index (χ1) is 17.0. The van der Waals surface area contributed by atoms with E-state index in [0.29, 0.717) is 30.2 Å². The molecule has 2 aliphatic rings. The number of carbonyl (C=O) groups is 3. The summed E-state index contributed by atoms with van der Waals surface area (Å²) in [6, 6.07) is 11.5. The molecular weight excluding hydrogens is 448 g/mol. The first-order valence-electron chi connectivity index (χ1n) is 11.8. The molecule has 2 aromatic heterocycles. The van der Waals surface area contributed by atoms with Gasteiger partial charge in [-0.05, 0) is 69.3 Å². The fourth-order valence-corrected chi connectivity index (χ4v) is 4.68. The van der Waals surface area contributed by atoms with Gasteiger partial charge in [0.25, 0.3) is 5.91 Å². The molecule has 1 aromatic carbocycles. The first-order valence-corrected chi connectivity index (χ1v) is 11.8. The molecular formula is C25H26N6O4. The van der Waals surface area contributed by atoms with Crippen molar-refractivity contribution in [2.45, 2.75) is 38.1 Å². The van der Waals surface area contributed by atoms with E-state index in [1.807, 2.05) is 18.2 Å². The number of hydrogen-bond donors (Lipinski definition) is 1. The number of nitrogens with one attached hydrogen (secondary N) is 1. The number of hydrogen-bond acceptors (Lipinski definition) is 8. The third kappa shape index (κ3) is 4.57. The Balaban J connectivity index is 1.21. The highest BCUT2D eigenvalue weighted by molar-refractivity contribution is 6.22. The number of nitrogens with zero attached hydrogens (tertiary/aromatic N) is 5. The molecule has 35 heavy (non-hydrogen) atoms. The molecule has 2 saturated heterocycles. The normalized spacial score (nSPS) is 19.3. The molecule has 180 valence electrons. The van der Waals surface area contributed by atoms with Gasteiger partial charge in [-0.3, -0.25) is 24.6 Å². The number of anilines is 1. The average Bonchev–Trinajstić information content (AvgIpc) is 3.50. The Bertz CT molecular complexity index is 1220. The second-order valence-corrected chi connectivity index (χ2v) is 8.62. The highest BCUT2D eigenvalue weighted by atomic mass is 16.5. The van der Waals surface area contributed by atoms with Gasteiger partial charge in [-0.1, -0.05) is 6.07 Å². The summed E-state index contributed by atoms with van der Waals surface area (Å²) in [5.41, 5.74) is 1.57. The lowest BCUT2D eigenvalue weighted by Gasteiger charge is -2.33. The summed E-state index contributed by atoms with van der Waals surface area (Å²) in [6.07, 6.45) is 3.48. The van der Waals surface area contributed by atoms with Crippen LogP contribution >= 0.6 is 0 Å². The standard InChI is InChI=1S/C25H26N6O4/c1-2-35-25(34)17-6-8-18(9-7-17)31-21(32)15-20(24(31)33)30-13-10-16(11-14-30)22-27-23(29-28-22)19-5-3-4-12-26-19/h3-9,12,16,20H,2,10-11,13-15H2,1H3,(H,27,28,29). The van der Waals surface area contributed by atoms with Gasteiger partial charge in [0.2, 0.25) is 5.91 Å². The van der Waals surface area contributed by atoms with Crippen LogP contribution in [0, 0.1) is 0 Å². The monoisotopic (exact) mass is 474 g/mol. The summed E-state index contributed by atoms with van der Waals surface area (Å²) in [5.74, 6) is 0.704. The van der Waals surface area contributed by atoms with Crippen molar-refractivity contribution in [2.24, 2.45) is 0 Å². The lowest BCUT2D eigenvalue weighted by molar-refractivity contribution is -0.123. The van der Waals surface area contributed by atoms with Crippen LogP contribution < -0.4 is 4.90 Å². The molecule has 10 nitrogen and oxygen atoms in total. The predicted molar refractivity (Wildman–Crippen MR) is 126 cm³/mol. The molecule has 4 heterocycles. The van der Waals surface area contributed by atoms with Crippen molar-refractivity contribution in [3.05, 3.63) is 60.0 Å². The van der Waals surface area contributed by atoms with E-state index in [2.05, 4.69) is 25.1 Å². The summed E-state index contributed by atoms with van der Waals surface area (Å²) in [6.45, 7) is 3.39. The maximum absolute atomic E-state index is 13.2. The number of amides is 2. The van der Waals surface area contributed by atoms with Crippen LogP contribution in [0.3, 0.4) is 0 Å². The van der Waals surface area contributed by atoms with Crippen LogP contribution in [0.25, 0.3) is 11.5 Å². The maximum atomic E-state index is 13.2. The Kier molecular flexibility index (Phi) is 6.37. The Morgan fingerprint density at radius 3 is 2.57 bits per heavy atom. The van der Waals surface area contributed by atoms with E-state index in [1.165, 1.54) is 4.90 Å². The van der Waals surface area contributed by atoms with Gasteiger partial charge in [-0.15, -0.1) is 0 Å². The SMILES string of the molecule is CCOC(=O)c1ccc(N2C(=O)CC(N3CCC(c4nc(-c5ccccn5)n[nH]4)CC3)C2=O)cc1. The summed E-state index contributed by atoms with van der Waals surface area (Å²) in [5, 5.41) is 7.35.